The lowest BCUT2D eigenvalue weighted by molar-refractivity contribution is 0.473. The van der Waals surface area contributed by atoms with E-state index in [1.54, 1.807) is 23.0 Å². The molecule has 4 nitrogen and oxygen atoms in total. The van der Waals surface area contributed by atoms with E-state index in [4.69, 9.17) is 5.11 Å². The molecular formula is C9H9N3O. The van der Waals surface area contributed by atoms with Gasteiger partial charge in [-0.25, -0.2) is 0 Å². The van der Waals surface area contributed by atoms with Crippen molar-refractivity contribution in [3.8, 4) is 17.1 Å². The zero-order valence-electron chi connectivity index (χ0n) is 7.18. The first kappa shape index (κ1) is 7.79. The zero-order valence-corrected chi connectivity index (χ0v) is 7.18. The number of pyridine rings is 1. The van der Waals surface area contributed by atoms with Gasteiger partial charge >= 0.3 is 0 Å². The molecular weight excluding hydrogens is 166 g/mol. The van der Waals surface area contributed by atoms with Crippen LogP contribution in [0.15, 0.2) is 30.6 Å². The van der Waals surface area contributed by atoms with Crippen LogP contribution < -0.4 is 0 Å². The SMILES string of the molecule is Cn1nccc1-c1ccc(O)cn1. The van der Waals surface area contributed by atoms with E-state index in [1.165, 1.54) is 6.20 Å². The summed E-state index contributed by atoms with van der Waals surface area (Å²) < 4.78 is 1.74. The van der Waals surface area contributed by atoms with E-state index in [-0.39, 0.29) is 5.75 Å². The third-order valence-corrected chi connectivity index (χ3v) is 1.83. The molecule has 0 spiro atoms. The van der Waals surface area contributed by atoms with Gasteiger partial charge in [0, 0.05) is 13.2 Å². The molecule has 4 heteroatoms. The monoisotopic (exact) mass is 175 g/mol. The molecule has 0 radical (unpaired) electrons. The predicted octanol–water partition coefficient (Wildman–Crippen LogP) is 1.19. The van der Waals surface area contributed by atoms with Crippen molar-refractivity contribution in [1.29, 1.82) is 0 Å². The maximum atomic E-state index is 9.04. The van der Waals surface area contributed by atoms with Gasteiger partial charge in [0.1, 0.15) is 5.75 Å². The van der Waals surface area contributed by atoms with E-state index in [9.17, 15) is 0 Å². The average molecular weight is 175 g/mol. The number of hydrogen-bond donors (Lipinski definition) is 1. The molecule has 2 aromatic rings. The van der Waals surface area contributed by atoms with Crippen molar-refractivity contribution in [2.45, 2.75) is 0 Å². The van der Waals surface area contributed by atoms with E-state index in [0.717, 1.165) is 11.4 Å². The Kier molecular flexibility index (Phi) is 1.73. The van der Waals surface area contributed by atoms with Crippen LogP contribution in [0.4, 0.5) is 0 Å². The second kappa shape index (κ2) is 2.90. The maximum absolute atomic E-state index is 9.04. The molecule has 0 fully saturated rings. The standard InChI is InChI=1S/C9H9N3O/c1-12-9(4-5-11-12)8-3-2-7(13)6-10-8/h2-6,13H,1H3. The van der Waals surface area contributed by atoms with Crippen molar-refractivity contribution in [2.24, 2.45) is 7.05 Å². The average Bonchev–Trinajstić information content (AvgIpc) is 2.53. The summed E-state index contributed by atoms with van der Waals surface area (Å²) >= 11 is 0. The summed E-state index contributed by atoms with van der Waals surface area (Å²) in [5.74, 6) is 0.172. The molecule has 0 aliphatic carbocycles. The largest absolute Gasteiger partial charge is 0.506 e. The third-order valence-electron chi connectivity index (χ3n) is 1.83. The first-order valence-corrected chi connectivity index (χ1v) is 3.91. The molecule has 2 aromatic heterocycles. The lowest BCUT2D eigenvalue weighted by Crippen LogP contribution is -1.94. The van der Waals surface area contributed by atoms with Gasteiger partial charge in [0.25, 0.3) is 0 Å². The van der Waals surface area contributed by atoms with Crippen LogP contribution in [0.5, 0.6) is 5.75 Å². The summed E-state index contributed by atoms with van der Waals surface area (Å²) in [5, 5.41) is 13.1. The van der Waals surface area contributed by atoms with Gasteiger partial charge < -0.3 is 5.11 Å². The highest BCUT2D eigenvalue weighted by molar-refractivity contribution is 5.54. The molecule has 0 aliphatic heterocycles. The van der Waals surface area contributed by atoms with E-state index < -0.39 is 0 Å². The van der Waals surface area contributed by atoms with Crippen molar-refractivity contribution in [1.82, 2.24) is 14.8 Å². The van der Waals surface area contributed by atoms with E-state index in [0.29, 0.717) is 0 Å². The van der Waals surface area contributed by atoms with Gasteiger partial charge in [0.15, 0.2) is 0 Å². The Morgan fingerprint density at radius 1 is 1.31 bits per heavy atom. The topological polar surface area (TPSA) is 50.9 Å². The molecule has 0 unspecified atom stereocenters. The van der Waals surface area contributed by atoms with Gasteiger partial charge in [-0.15, -0.1) is 0 Å². The van der Waals surface area contributed by atoms with Crippen LogP contribution in [0.1, 0.15) is 0 Å². The van der Waals surface area contributed by atoms with Crippen molar-refractivity contribution >= 4 is 0 Å². The van der Waals surface area contributed by atoms with Gasteiger partial charge in [0.2, 0.25) is 0 Å². The summed E-state index contributed by atoms with van der Waals surface area (Å²) in [4.78, 5) is 4.07. The van der Waals surface area contributed by atoms with Crippen LogP contribution in [-0.4, -0.2) is 19.9 Å². The predicted molar refractivity (Wildman–Crippen MR) is 48.1 cm³/mol. The van der Waals surface area contributed by atoms with Crippen molar-refractivity contribution in [3.05, 3.63) is 30.6 Å². The minimum Gasteiger partial charge on any atom is -0.506 e. The first-order valence-electron chi connectivity index (χ1n) is 3.91. The van der Waals surface area contributed by atoms with Gasteiger partial charge in [-0.05, 0) is 18.2 Å². The van der Waals surface area contributed by atoms with E-state index >= 15 is 0 Å². The minimum atomic E-state index is 0.172. The Labute approximate surface area is 75.5 Å². The Hall–Kier alpha value is -1.84. The Morgan fingerprint density at radius 2 is 2.15 bits per heavy atom. The molecule has 0 aliphatic rings. The lowest BCUT2D eigenvalue weighted by Gasteiger charge is -2.00. The van der Waals surface area contributed by atoms with Gasteiger partial charge in [0.05, 0.1) is 17.6 Å². The van der Waals surface area contributed by atoms with E-state index in [2.05, 4.69) is 10.1 Å². The van der Waals surface area contributed by atoms with Gasteiger partial charge in [-0.1, -0.05) is 0 Å². The molecule has 2 rings (SSSR count). The molecule has 2 heterocycles. The van der Waals surface area contributed by atoms with Crippen LogP contribution >= 0.6 is 0 Å². The second-order valence-corrected chi connectivity index (χ2v) is 2.74. The number of rotatable bonds is 1. The number of aryl methyl sites for hydroxylation is 1. The molecule has 0 saturated heterocycles. The molecule has 0 saturated carbocycles. The molecule has 0 bridgehead atoms. The number of nitrogens with zero attached hydrogens (tertiary/aromatic N) is 3. The van der Waals surface area contributed by atoms with Crippen LogP contribution in [0, 0.1) is 0 Å². The summed E-state index contributed by atoms with van der Waals surface area (Å²) in [6.07, 6.45) is 3.13. The number of hydrogen-bond acceptors (Lipinski definition) is 3. The van der Waals surface area contributed by atoms with Crippen molar-refractivity contribution in [2.75, 3.05) is 0 Å². The second-order valence-electron chi connectivity index (χ2n) is 2.74. The minimum absolute atomic E-state index is 0.172. The first-order chi connectivity index (χ1) is 6.27. The Morgan fingerprint density at radius 3 is 2.69 bits per heavy atom. The molecule has 13 heavy (non-hydrogen) atoms. The highest BCUT2D eigenvalue weighted by Crippen LogP contribution is 2.17. The van der Waals surface area contributed by atoms with Crippen molar-refractivity contribution < 1.29 is 5.11 Å². The Balaban J connectivity index is 2.47. The number of aromatic nitrogens is 3. The fourth-order valence-corrected chi connectivity index (χ4v) is 1.16. The quantitative estimate of drug-likeness (QED) is 0.708. The van der Waals surface area contributed by atoms with E-state index in [1.807, 2.05) is 13.1 Å². The zero-order chi connectivity index (χ0) is 9.26. The molecule has 0 aromatic carbocycles. The highest BCUT2D eigenvalue weighted by atomic mass is 16.3. The normalized spacial score (nSPS) is 10.2. The molecule has 0 atom stereocenters. The van der Waals surface area contributed by atoms with Crippen LogP contribution in [0.3, 0.4) is 0 Å². The molecule has 66 valence electrons. The summed E-state index contributed by atoms with van der Waals surface area (Å²) in [6, 6.07) is 5.24. The van der Waals surface area contributed by atoms with Crippen LogP contribution in [0.2, 0.25) is 0 Å². The summed E-state index contributed by atoms with van der Waals surface area (Å²) in [7, 11) is 1.85. The molecule has 0 amide bonds. The van der Waals surface area contributed by atoms with Crippen molar-refractivity contribution in [3.63, 3.8) is 0 Å². The van der Waals surface area contributed by atoms with Crippen LogP contribution in [-0.2, 0) is 7.05 Å². The third kappa shape index (κ3) is 1.38. The highest BCUT2D eigenvalue weighted by Gasteiger charge is 2.02. The Bertz CT molecular complexity index is 405. The van der Waals surface area contributed by atoms with Gasteiger partial charge in [-0.2, -0.15) is 5.10 Å². The maximum Gasteiger partial charge on any atom is 0.133 e. The smallest absolute Gasteiger partial charge is 0.133 e. The lowest BCUT2D eigenvalue weighted by atomic mass is 10.3. The fourth-order valence-electron chi connectivity index (χ4n) is 1.16. The van der Waals surface area contributed by atoms with Crippen LogP contribution in [0.25, 0.3) is 11.4 Å². The molecule has 1 N–H and O–H groups in total. The van der Waals surface area contributed by atoms with Gasteiger partial charge in [-0.3, -0.25) is 9.67 Å². The summed E-state index contributed by atoms with van der Waals surface area (Å²) in [5.41, 5.74) is 1.73. The fraction of sp³-hybridized carbons (Fsp3) is 0.111. The number of aromatic hydroxyl groups is 1. The summed E-state index contributed by atoms with van der Waals surface area (Å²) in [6.45, 7) is 0.